The summed E-state index contributed by atoms with van der Waals surface area (Å²) in [5.74, 6) is 5.63. The highest BCUT2D eigenvalue weighted by molar-refractivity contribution is 5.94. The molecule has 1 saturated heterocycles. The molecule has 1 heterocycles. The number of hydrogen-bond acceptors (Lipinski definition) is 3. The number of nitrogens with zero attached hydrogens (tertiary/aromatic N) is 1. The number of aliphatic hydroxyl groups is 1. The van der Waals surface area contributed by atoms with Crippen LogP contribution < -0.4 is 0 Å². The van der Waals surface area contributed by atoms with Gasteiger partial charge in [0.2, 0.25) is 0 Å². The first-order chi connectivity index (χ1) is 10.2. The summed E-state index contributed by atoms with van der Waals surface area (Å²) in [6, 6.07) is 7.19. The van der Waals surface area contributed by atoms with Crippen LogP contribution in [0.25, 0.3) is 0 Å². The molecule has 22 heavy (non-hydrogen) atoms. The Labute approximate surface area is 132 Å². The fraction of sp³-hybridized carbons (Fsp3) is 0.500. The number of hydrogen-bond donors (Lipinski definition) is 1. The maximum absolute atomic E-state index is 12.5. The first kappa shape index (κ1) is 16.5. The van der Waals surface area contributed by atoms with Crippen molar-refractivity contribution < 1.29 is 14.6 Å². The lowest BCUT2D eigenvalue weighted by atomic mass is 9.88. The van der Waals surface area contributed by atoms with E-state index in [9.17, 15) is 9.90 Å². The zero-order chi connectivity index (χ0) is 16.4. The van der Waals surface area contributed by atoms with E-state index in [1.807, 2.05) is 12.1 Å². The highest BCUT2D eigenvalue weighted by Crippen LogP contribution is 2.27. The Balaban J connectivity index is 2.11. The third-order valence-corrected chi connectivity index (χ3v) is 3.49. The molecule has 1 fully saturated rings. The normalized spacial score (nSPS) is 16.2. The highest BCUT2D eigenvalue weighted by Gasteiger charge is 2.35. The summed E-state index contributed by atoms with van der Waals surface area (Å²) in [5.41, 5.74) is 0.340. The highest BCUT2D eigenvalue weighted by atomic mass is 16.5. The summed E-state index contributed by atoms with van der Waals surface area (Å²) < 4.78 is 5.23. The van der Waals surface area contributed by atoms with E-state index in [4.69, 9.17) is 4.74 Å². The molecule has 2 rings (SSSR count). The van der Waals surface area contributed by atoms with Crippen molar-refractivity contribution in [2.45, 2.75) is 26.4 Å². The van der Waals surface area contributed by atoms with Gasteiger partial charge in [-0.1, -0.05) is 24.8 Å². The number of amides is 1. The van der Waals surface area contributed by atoms with Crippen molar-refractivity contribution >= 4 is 5.91 Å². The quantitative estimate of drug-likeness (QED) is 0.868. The van der Waals surface area contributed by atoms with Gasteiger partial charge in [-0.15, -0.1) is 0 Å². The number of carbonyl (C=O) groups excluding carboxylic acids is 1. The van der Waals surface area contributed by atoms with Crippen LogP contribution in [0.1, 0.15) is 36.7 Å². The molecule has 4 heteroatoms. The van der Waals surface area contributed by atoms with Crippen LogP contribution in [0.5, 0.6) is 0 Å². The summed E-state index contributed by atoms with van der Waals surface area (Å²) in [4.78, 5) is 14.2. The van der Waals surface area contributed by atoms with Gasteiger partial charge in [0.05, 0.1) is 13.2 Å². The molecule has 0 spiro atoms. The molecule has 1 aromatic carbocycles. The number of rotatable bonds is 3. The van der Waals surface area contributed by atoms with Gasteiger partial charge in [-0.05, 0) is 32.0 Å². The minimum atomic E-state index is -1.05. The van der Waals surface area contributed by atoms with Gasteiger partial charge in [0.1, 0.15) is 5.60 Å². The van der Waals surface area contributed by atoms with Crippen molar-refractivity contribution in [2.75, 3.05) is 26.8 Å². The Kier molecular flexibility index (Phi) is 4.60. The number of ether oxygens (including phenoxy) is 1. The summed E-state index contributed by atoms with van der Waals surface area (Å²) >= 11 is 0. The average molecular weight is 301 g/mol. The van der Waals surface area contributed by atoms with Crippen molar-refractivity contribution in [1.29, 1.82) is 0 Å². The predicted molar refractivity (Wildman–Crippen MR) is 85.5 cm³/mol. The van der Waals surface area contributed by atoms with Gasteiger partial charge in [-0.2, -0.15) is 0 Å². The zero-order valence-electron chi connectivity index (χ0n) is 13.6. The third kappa shape index (κ3) is 4.33. The molecule has 0 saturated carbocycles. The van der Waals surface area contributed by atoms with Crippen LogP contribution in [-0.4, -0.2) is 48.3 Å². The summed E-state index contributed by atoms with van der Waals surface area (Å²) in [6.07, 6.45) is 0. The van der Waals surface area contributed by atoms with E-state index < -0.39 is 5.60 Å². The molecule has 1 aliphatic heterocycles. The second-order valence-electron chi connectivity index (χ2n) is 6.85. The van der Waals surface area contributed by atoms with Crippen LogP contribution in [0.4, 0.5) is 0 Å². The van der Waals surface area contributed by atoms with E-state index in [0.29, 0.717) is 25.3 Å². The smallest absolute Gasteiger partial charge is 0.253 e. The second kappa shape index (κ2) is 6.12. The van der Waals surface area contributed by atoms with E-state index in [1.54, 1.807) is 37.9 Å². The summed E-state index contributed by atoms with van der Waals surface area (Å²) in [6.45, 7) is 7.44. The van der Waals surface area contributed by atoms with Gasteiger partial charge >= 0.3 is 0 Å². The Morgan fingerprint density at radius 2 is 2.14 bits per heavy atom. The molecule has 0 radical (unpaired) electrons. The molecular formula is C18H23NO3. The minimum absolute atomic E-state index is 0.0277. The lowest BCUT2D eigenvalue weighted by molar-refractivity contribution is -0.109. The molecule has 118 valence electrons. The lowest BCUT2D eigenvalue weighted by Crippen LogP contribution is -2.49. The van der Waals surface area contributed by atoms with Crippen LogP contribution in [-0.2, 0) is 4.74 Å². The van der Waals surface area contributed by atoms with Gasteiger partial charge in [0.25, 0.3) is 5.91 Å². The Hall–Kier alpha value is -1.83. The molecule has 1 aromatic rings. The fourth-order valence-electron chi connectivity index (χ4n) is 2.36. The molecule has 1 amide bonds. The molecule has 0 bridgehead atoms. The molecule has 0 unspecified atom stereocenters. The van der Waals surface area contributed by atoms with Crippen LogP contribution in [0.3, 0.4) is 0 Å². The van der Waals surface area contributed by atoms with Crippen molar-refractivity contribution in [3.63, 3.8) is 0 Å². The Morgan fingerprint density at radius 3 is 2.68 bits per heavy atom. The maximum atomic E-state index is 12.5. The van der Waals surface area contributed by atoms with Gasteiger partial charge in [0.15, 0.2) is 0 Å². The topological polar surface area (TPSA) is 49.8 Å². The average Bonchev–Trinajstić information content (AvgIpc) is 2.42. The number of benzene rings is 1. The monoisotopic (exact) mass is 301 g/mol. The minimum Gasteiger partial charge on any atom is -0.380 e. The first-order valence-electron chi connectivity index (χ1n) is 7.37. The SMILES string of the molecule is CN(CC1(C)COC1)C(=O)c1cccc(C#CC(C)(C)O)c1. The van der Waals surface area contributed by atoms with Crippen LogP contribution in [0.15, 0.2) is 24.3 Å². The molecule has 0 atom stereocenters. The fourth-order valence-corrected chi connectivity index (χ4v) is 2.36. The van der Waals surface area contributed by atoms with E-state index in [1.165, 1.54) is 0 Å². The van der Waals surface area contributed by atoms with Gasteiger partial charge in [-0.3, -0.25) is 4.79 Å². The molecular weight excluding hydrogens is 278 g/mol. The lowest BCUT2D eigenvalue weighted by Gasteiger charge is -2.40. The van der Waals surface area contributed by atoms with Crippen LogP contribution in [0, 0.1) is 17.3 Å². The Bertz CT molecular complexity index is 615. The molecule has 1 aliphatic rings. The van der Waals surface area contributed by atoms with Crippen LogP contribution >= 0.6 is 0 Å². The van der Waals surface area contributed by atoms with Crippen molar-refractivity contribution in [3.05, 3.63) is 35.4 Å². The van der Waals surface area contributed by atoms with Gasteiger partial charge < -0.3 is 14.7 Å². The Morgan fingerprint density at radius 1 is 1.45 bits per heavy atom. The molecule has 0 aromatic heterocycles. The van der Waals surface area contributed by atoms with Gasteiger partial charge in [-0.25, -0.2) is 0 Å². The van der Waals surface area contributed by atoms with Crippen LogP contribution in [0.2, 0.25) is 0 Å². The zero-order valence-corrected chi connectivity index (χ0v) is 13.6. The van der Waals surface area contributed by atoms with Crippen molar-refractivity contribution in [1.82, 2.24) is 4.90 Å². The van der Waals surface area contributed by atoms with E-state index in [-0.39, 0.29) is 11.3 Å². The predicted octanol–water partition coefficient (Wildman–Crippen LogP) is 1.92. The molecule has 1 N–H and O–H groups in total. The van der Waals surface area contributed by atoms with E-state index >= 15 is 0 Å². The summed E-state index contributed by atoms with van der Waals surface area (Å²) in [7, 11) is 1.81. The van der Waals surface area contributed by atoms with E-state index in [2.05, 4.69) is 18.8 Å². The van der Waals surface area contributed by atoms with Gasteiger partial charge in [0, 0.05) is 30.1 Å². The maximum Gasteiger partial charge on any atom is 0.253 e. The second-order valence-corrected chi connectivity index (χ2v) is 6.85. The first-order valence-corrected chi connectivity index (χ1v) is 7.37. The largest absolute Gasteiger partial charge is 0.380 e. The third-order valence-electron chi connectivity index (χ3n) is 3.49. The molecule has 0 aliphatic carbocycles. The standard InChI is InChI=1S/C18H23NO3/c1-17(2,21)9-8-14-6-5-7-15(10-14)16(20)19(4)11-18(3)12-22-13-18/h5-7,10,21H,11-13H2,1-4H3. The number of carbonyl (C=O) groups is 1. The summed E-state index contributed by atoms with van der Waals surface area (Å²) in [5, 5.41) is 9.65. The van der Waals surface area contributed by atoms with Crippen molar-refractivity contribution in [2.24, 2.45) is 5.41 Å². The molecule has 4 nitrogen and oxygen atoms in total. The van der Waals surface area contributed by atoms with Crippen molar-refractivity contribution in [3.8, 4) is 11.8 Å². The van der Waals surface area contributed by atoms with E-state index in [0.717, 1.165) is 5.56 Å².